The largest absolute Gasteiger partial charge is 0.329 e. The zero-order valence-corrected chi connectivity index (χ0v) is 7.45. The van der Waals surface area contributed by atoms with Crippen LogP contribution in [-0.4, -0.2) is 26.5 Å². The van der Waals surface area contributed by atoms with Crippen LogP contribution in [0.15, 0.2) is 0 Å². The van der Waals surface area contributed by atoms with Crippen LogP contribution in [-0.2, 0) is 9.84 Å². The second-order valence-electron chi connectivity index (χ2n) is 2.09. The minimum atomic E-state index is -3.00. The fourth-order valence-corrected chi connectivity index (χ4v) is 1.36. The van der Waals surface area contributed by atoms with E-state index in [9.17, 15) is 8.42 Å². The summed E-state index contributed by atoms with van der Waals surface area (Å²) in [6.45, 7) is 2.05. The molecule has 11 heavy (non-hydrogen) atoms. The van der Waals surface area contributed by atoms with Gasteiger partial charge in [0.15, 0.2) is 9.84 Å². The Hall–Kier alpha value is -0.530. The fourth-order valence-electron chi connectivity index (χ4n) is 0.538. The van der Waals surface area contributed by atoms with E-state index in [0.29, 0.717) is 6.42 Å². The summed E-state index contributed by atoms with van der Waals surface area (Å²) in [7, 11) is -3.00. The van der Waals surface area contributed by atoms with Crippen molar-refractivity contribution in [2.45, 2.75) is 13.3 Å². The molecule has 0 atom stereocenters. The third-order valence-electron chi connectivity index (χ3n) is 1.02. The lowest BCUT2D eigenvalue weighted by Crippen LogP contribution is -2.17. The van der Waals surface area contributed by atoms with Crippen molar-refractivity contribution in [2.75, 3.05) is 18.1 Å². The third-order valence-corrected chi connectivity index (χ3v) is 2.46. The van der Waals surface area contributed by atoms with Crippen molar-refractivity contribution < 1.29 is 8.42 Å². The lowest BCUT2D eigenvalue weighted by molar-refractivity contribution is 0.599. The first-order valence-electron chi connectivity index (χ1n) is 3.48. The summed E-state index contributed by atoms with van der Waals surface area (Å²) < 4.78 is 21.8. The van der Waals surface area contributed by atoms with Crippen molar-refractivity contribution >= 4 is 9.84 Å². The van der Waals surface area contributed by atoms with Crippen molar-refractivity contribution in [2.24, 2.45) is 5.73 Å². The summed E-state index contributed by atoms with van der Waals surface area (Å²) in [6.07, 6.45) is 0.693. The van der Waals surface area contributed by atoms with Gasteiger partial charge < -0.3 is 5.73 Å². The maximum absolute atomic E-state index is 10.9. The summed E-state index contributed by atoms with van der Waals surface area (Å²) in [5, 5.41) is 0. The molecule has 0 aromatic carbocycles. The standard InChI is InChI=1S/C7H13NO2S/c1-2-3-4-6-11(9,10)7-5-8/h2,5-8H2,1H3. The van der Waals surface area contributed by atoms with Crippen molar-refractivity contribution in [1.29, 1.82) is 0 Å². The van der Waals surface area contributed by atoms with Crippen LogP contribution in [0.4, 0.5) is 0 Å². The van der Waals surface area contributed by atoms with Crippen molar-refractivity contribution in [3.05, 3.63) is 0 Å². The van der Waals surface area contributed by atoms with Gasteiger partial charge in [-0.2, -0.15) is 0 Å². The van der Waals surface area contributed by atoms with E-state index in [1.54, 1.807) is 0 Å². The highest BCUT2D eigenvalue weighted by atomic mass is 32.2. The summed E-state index contributed by atoms with van der Waals surface area (Å²) in [5.74, 6) is 5.24. The van der Waals surface area contributed by atoms with Crippen molar-refractivity contribution in [3.63, 3.8) is 0 Å². The maximum atomic E-state index is 10.9. The van der Waals surface area contributed by atoms with E-state index < -0.39 is 9.84 Å². The maximum Gasteiger partial charge on any atom is 0.162 e. The Kier molecular flexibility index (Phi) is 4.92. The number of rotatable bonds is 3. The van der Waals surface area contributed by atoms with Gasteiger partial charge >= 0.3 is 0 Å². The molecule has 0 bridgehead atoms. The predicted molar refractivity (Wildman–Crippen MR) is 45.8 cm³/mol. The van der Waals surface area contributed by atoms with E-state index in [2.05, 4.69) is 11.8 Å². The molecule has 0 aliphatic heterocycles. The number of hydrogen-bond donors (Lipinski definition) is 1. The SMILES string of the molecule is CCC#CCS(=O)(=O)CCN. The number of nitrogens with two attached hydrogens (primary N) is 1. The highest BCUT2D eigenvalue weighted by Gasteiger charge is 2.05. The topological polar surface area (TPSA) is 60.2 Å². The molecule has 0 aliphatic carbocycles. The average Bonchev–Trinajstić information content (AvgIpc) is 1.87. The molecule has 0 aliphatic rings. The fraction of sp³-hybridized carbons (Fsp3) is 0.714. The Morgan fingerprint density at radius 1 is 1.36 bits per heavy atom. The molecular formula is C7H13NO2S. The second-order valence-corrected chi connectivity index (χ2v) is 4.27. The first kappa shape index (κ1) is 10.5. The van der Waals surface area contributed by atoms with Crippen LogP contribution in [0, 0.1) is 11.8 Å². The molecule has 0 aromatic heterocycles. The smallest absolute Gasteiger partial charge is 0.162 e. The highest BCUT2D eigenvalue weighted by Crippen LogP contribution is 1.86. The van der Waals surface area contributed by atoms with Gasteiger partial charge in [0.25, 0.3) is 0 Å². The van der Waals surface area contributed by atoms with E-state index in [0.717, 1.165) is 0 Å². The molecular weight excluding hydrogens is 162 g/mol. The van der Waals surface area contributed by atoms with Crippen LogP contribution in [0.25, 0.3) is 0 Å². The minimum absolute atomic E-state index is 0.0331. The van der Waals surface area contributed by atoms with Crippen molar-refractivity contribution in [3.8, 4) is 11.8 Å². The lowest BCUT2D eigenvalue weighted by Gasteiger charge is -1.94. The van der Waals surface area contributed by atoms with Gasteiger partial charge in [-0.1, -0.05) is 12.8 Å². The van der Waals surface area contributed by atoms with Crippen LogP contribution >= 0.6 is 0 Å². The van der Waals surface area contributed by atoms with Crippen molar-refractivity contribution in [1.82, 2.24) is 0 Å². The number of hydrogen-bond acceptors (Lipinski definition) is 3. The molecule has 0 heterocycles. The van der Waals surface area contributed by atoms with Gasteiger partial charge in [0.05, 0.1) is 5.75 Å². The second kappa shape index (κ2) is 5.16. The zero-order chi connectivity index (χ0) is 8.74. The Bertz CT molecular complexity index is 245. The molecule has 64 valence electrons. The van der Waals surface area contributed by atoms with E-state index in [-0.39, 0.29) is 18.1 Å². The van der Waals surface area contributed by atoms with Gasteiger partial charge in [0, 0.05) is 13.0 Å². The highest BCUT2D eigenvalue weighted by molar-refractivity contribution is 7.91. The Labute approximate surface area is 67.9 Å². The van der Waals surface area contributed by atoms with Gasteiger partial charge in [0.2, 0.25) is 0 Å². The Morgan fingerprint density at radius 2 is 2.00 bits per heavy atom. The van der Waals surface area contributed by atoms with Crippen LogP contribution in [0.5, 0.6) is 0 Å². The van der Waals surface area contributed by atoms with Crippen LogP contribution in [0.1, 0.15) is 13.3 Å². The summed E-state index contributed by atoms with van der Waals surface area (Å²) in [4.78, 5) is 0. The van der Waals surface area contributed by atoms with E-state index in [1.807, 2.05) is 6.92 Å². The van der Waals surface area contributed by atoms with Gasteiger partial charge in [-0.15, -0.1) is 5.92 Å². The molecule has 4 heteroatoms. The number of sulfone groups is 1. The first-order valence-corrected chi connectivity index (χ1v) is 5.30. The van der Waals surface area contributed by atoms with E-state index >= 15 is 0 Å². The van der Waals surface area contributed by atoms with Crippen LogP contribution in [0.2, 0.25) is 0 Å². The quantitative estimate of drug-likeness (QED) is 0.603. The normalized spacial score (nSPS) is 10.4. The molecule has 0 unspecified atom stereocenters. The molecule has 0 aromatic rings. The van der Waals surface area contributed by atoms with Gasteiger partial charge in [-0.25, -0.2) is 8.42 Å². The summed E-state index contributed by atoms with van der Waals surface area (Å²) in [6, 6.07) is 0. The minimum Gasteiger partial charge on any atom is -0.329 e. The molecule has 0 saturated carbocycles. The molecule has 0 spiro atoms. The molecule has 0 radical (unpaired) electrons. The van der Waals surface area contributed by atoms with Gasteiger partial charge in [0.1, 0.15) is 5.75 Å². The third kappa shape index (κ3) is 5.89. The molecule has 0 rings (SSSR count). The van der Waals surface area contributed by atoms with E-state index in [4.69, 9.17) is 5.73 Å². The molecule has 2 N–H and O–H groups in total. The first-order chi connectivity index (χ1) is 5.12. The average molecular weight is 175 g/mol. The summed E-state index contributed by atoms with van der Waals surface area (Å²) >= 11 is 0. The molecule has 0 saturated heterocycles. The van der Waals surface area contributed by atoms with Gasteiger partial charge in [-0.05, 0) is 0 Å². The predicted octanol–water partition coefficient (Wildman–Crippen LogP) is -0.227. The molecule has 0 amide bonds. The van der Waals surface area contributed by atoms with Crippen LogP contribution in [0.3, 0.4) is 0 Å². The van der Waals surface area contributed by atoms with Crippen LogP contribution < -0.4 is 5.73 Å². The summed E-state index contributed by atoms with van der Waals surface area (Å²) in [5.41, 5.74) is 5.09. The van der Waals surface area contributed by atoms with Gasteiger partial charge in [-0.3, -0.25) is 0 Å². The zero-order valence-electron chi connectivity index (χ0n) is 6.63. The molecule has 3 nitrogen and oxygen atoms in total. The molecule has 0 fully saturated rings. The Morgan fingerprint density at radius 3 is 2.45 bits per heavy atom. The Balaban J connectivity index is 3.93. The van der Waals surface area contributed by atoms with E-state index in [1.165, 1.54) is 0 Å². The lowest BCUT2D eigenvalue weighted by atomic mass is 10.5. The monoisotopic (exact) mass is 175 g/mol.